The van der Waals surface area contributed by atoms with Crippen molar-refractivity contribution in [1.29, 1.82) is 0 Å². The minimum Gasteiger partial charge on any atom is -0.392 e. The molecule has 0 aliphatic heterocycles. The molecular weight excluding hydrogens is 162 g/mol. The number of aliphatic hydroxyl groups is 1. The van der Waals surface area contributed by atoms with Crippen molar-refractivity contribution in [2.24, 2.45) is 11.8 Å². The van der Waals surface area contributed by atoms with E-state index >= 15 is 0 Å². The summed E-state index contributed by atoms with van der Waals surface area (Å²) >= 11 is 0. The van der Waals surface area contributed by atoms with Crippen LogP contribution >= 0.6 is 0 Å². The highest BCUT2D eigenvalue weighted by molar-refractivity contribution is 4.85. The van der Waals surface area contributed by atoms with Crippen molar-refractivity contribution in [3.63, 3.8) is 0 Å². The van der Waals surface area contributed by atoms with E-state index < -0.39 is 0 Å². The van der Waals surface area contributed by atoms with Crippen LogP contribution in [0.3, 0.4) is 0 Å². The van der Waals surface area contributed by atoms with Crippen molar-refractivity contribution < 1.29 is 5.11 Å². The standard InChI is InChI=1S/C11H21NO/c1-8(9-5-6-9)7-12-10-3-2-4-11(10)13/h8-13H,2-7H2,1H3. The van der Waals surface area contributed by atoms with Crippen LogP contribution in [0.5, 0.6) is 0 Å². The van der Waals surface area contributed by atoms with Gasteiger partial charge >= 0.3 is 0 Å². The highest BCUT2D eigenvalue weighted by Gasteiger charge is 2.30. The number of rotatable bonds is 4. The van der Waals surface area contributed by atoms with E-state index in [0.29, 0.717) is 6.04 Å². The van der Waals surface area contributed by atoms with Crippen molar-refractivity contribution in [2.75, 3.05) is 6.54 Å². The summed E-state index contributed by atoms with van der Waals surface area (Å²) in [6.07, 6.45) is 6.13. The van der Waals surface area contributed by atoms with E-state index in [0.717, 1.165) is 24.8 Å². The summed E-state index contributed by atoms with van der Waals surface area (Å²) in [6.45, 7) is 3.43. The Bertz CT molecular complexity index is 167. The highest BCUT2D eigenvalue weighted by atomic mass is 16.3. The van der Waals surface area contributed by atoms with Crippen LogP contribution in [0.2, 0.25) is 0 Å². The van der Waals surface area contributed by atoms with Crippen molar-refractivity contribution in [3.8, 4) is 0 Å². The second kappa shape index (κ2) is 3.97. The molecule has 2 N–H and O–H groups in total. The van der Waals surface area contributed by atoms with E-state index in [1.807, 2.05) is 0 Å². The predicted octanol–water partition coefficient (Wildman–Crippen LogP) is 1.54. The van der Waals surface area contributed by atoms with E-state index in [1.165, 1.54) is 25.7 Å². The Labute approximate surface area is 80.7 Å². The molecule has 2 rings (SSSR count). The molecule has 2 aliphatic carbocycles. The largest absolute Gasteiger partial charge is 0.392 e. The van der Waals surface area contributed by atoms with Gasteiger partial charge in [-0.05, 0) is 50.5 Å². The zero-order valence-corrected chi connectivity index (χ0v) is 8.50. The average molecular weight is 183 g/mol. The van der Waals surface area contributed by atoms with Crippen LogP contribution in [0.1, 0.15) is 39.0 Å². The van der Waals surface area contributed by atoms with Crippen LogP contribution < -0.4 is 5.32 Å². The Balaban J connectivity index is 1.66. The minimum atomic E-state index is -0.0774. The van der Waals surface area contributed by atoms with Gasteiger partial charge in [0.05, 0.1) is 6.10 Å². The molecule has 3 unspecified atom stereocenters. The molecule has 0 aromatic heterocycles. The van der Waals surface area contributed by atoms with Crippen molar-refractivity contribution >= 4 is 0 Å². The number of hydrogen-bond donors (Lipinski definition) is 2. The molecule has 0 aromatic rings. The molecule has 2 fully saturated rings. The molecule has 0 bridgehead atoms. The zero-order chi connectivity index (χ0) is 9.26. The van der Waals surface area contributed by atoms with Crippen molar-refractivity contribution in [3.05, 3.63) is 0 Å². The lowest BCUT2D eigenvalue weighted by atomic mass is 10.1. The minimum absolute atomic E-state index is 0.0774. The Kier molecular flexibility index (Phi) is 2.89. The van der Waals surface area contributed by atoms with Crippen LogP contribution in [-0.2, 0) is 0 Å². The van der Waals surface area contributed by atoms with Gasteiger partial charge in [0.25, 0.3) is 0 Å². The van der Waals surface area contributed by atoms with Gasteiger partial charge in [0.15, 0.2) is 0 Å². The molecule has 2 saturated carbocycles. The van der Waals surface area contributed by atoms with Gasteiger partial charge in [-0.2, -0.15) is 0 Å². The van der Waals surface area contributed by atoms with E-state index in [2.05, 4.69) is 12.2 Å². The predicted molar refractivity (Wildman–Crippen MR) is 53.5 cm³/mol. The van der Waals surface area contributed by atoms with Gasteiger partial charge in [-0.15, -0.1) is 0 Å². The lowest BCUT2D eigenvalue weighted by Gasteiger charge is -2.19. The van der Waals surface area contributed by atoms with Crippen LogP contribution in [0.25, 0.3) is 0 Å². The van der Waals surface area contributed by atoms with Gasteiger partial charge < -0.3 is 10.4 Å². The fourth-order valence-electron chi connectivity index (χ4n) is 2.35. The summed E-state index contributed by atoms with van der Waals surface area (Å²) in [5, 5.41) is 13.1. The summed E-state index contributed by atoms with van der Waals surface area (Å²) in [7, 11) is 0. The summed E-state index contributed by atoms with van der Waals surface area (Å²) in [5.74, 6) is 1.79. The highest BCUT2D eigenvalue weighted by Crippen LogP contribution is 2.36. The molecule has 3 atom stereocenters. The average Bonchev–Trinajstić information content (AvgIpc) is 2.88. The van der Waals surface area contributed by atoms with Gasteiger partial charge in [0.1, 0.15) is 0 Å². The molecule has 0 heterocycles. The maximum atomic E-state index is 9.59. The fourth-order valence-corrected chi connectivity index (χ4v) is 2.35. The molecule has 0 aromatic carbocycles. The molecule has 76 valence electrons. The smallest absolute Gasteiger partial charge is 0.0693 e. The second-order valence-electron chi connectivity index (χ2n) is 4.83. The van der Waals surface area contributed by atoms with Crippen LogP contribution in [0.15, 0.2) is 0 Å². The van der Waals surface area contributed by atoms with E-state index in [4.69, 9.17) is 0 Å². The Hall–Kier alpha value is -0.0800. The molecule has 0 saturated heterocycles. The molecule has 13 heavy (non-hydrogen) atoms. The maximum absolute atomic E-state index is 9.59. The summed E-state index contributed by atoms with van der Waals surface area (Å²) in [4.78, 5) is 0. The normalized spacial score (nSPS) is 36.5. The fraction of sp³-hybridized carbons (Fsp3) is 1.00. The Morgan fingerprint density at radius 2 is 2.08 bits per heavy atom. The number of nitrogens with one attached hydrogen (secondary N) is 1. The van der Waals surface area contributed by atoms with Crippen LogP contribution in [0, 0.1) is 11.8 Å². The third kappa shape index (κ3) is 2.44. The third-order valence-electron chi connectivity index (χ3n) is 3.61. The van der Waals surface area contributed by atoms with E-state index in [1.54, 1.807) is 0 Å². The quantitative estimate of drug-likeness (QED) is 0.693. The molecule has 2 heteroatoms. The zero-order valence-electron chi connectivity index (χ0n) is 8.50. The first kappa shape index (κ1) is 9.47. The topological polar surface area (TPSA) is 32.3 Å². The molecule has 0 spiro atoms. The summed E-state index contributed by atoms with van der Waals surface area (Å²) < 4.78 is 0. The van der Waals surface area contributed by atoms with E-state index in [-0.39, 0.29) is 6.10 Å². The van der Waals surface area contributed by atoms with Crippen molar-refractivity contribution in [1.82, 2.24) is 5.32 Å². The maximum Gasteiger partial charge on any atom is 0.0693 e. The SMILES string of the molecule is CC(CNC1CCCC1O)C1CC1. The molecule has 2 aliphatic rings. The first-order valence-corrected chi connectivity index (χ1v) is 5.69. The lowest BCUT2D eigenvalue weighted by molar-refractivity contribution is 0.146. The Morgan fingerprint density at radius 3 is 2.62 bits per heavy atom. The van der Waals surface area contributed by atoms with Gasteiger partial charge in [0, 0.05) is 6.04 Å². The lowest BCUT2D eigenvalue weighted by Crippen LogP contribution is -2.38. The number of aliphatic hydroxyl groups excluding tert-OH is 1. The van der Waals surface area contributed by atoms with Gasteiger partial charge in [-0.3, -0.25) is 0 Å². The Morgan fingerprint density at radius 1 is 1.31 bits per heavy atom. The third-order valence-corrected chi connectivity index (χ3v) is 3.61. The van der Waals surface area contributed by atoms with Gasteiger partial charge in [0.2, 0.25) is 0 Å². The van der Waals surface area contributed by atoms with Gasteiger partial charge in [-0.25, -0.2) is 0 Å². The number of hydrogen-bond acceptors (Lipinski definition) is 2. The molecule has 0 radical (unpaired) electrons. The molecule has 0 amide bonds. The first-order valence-electron chi connectivity index (χ1n) is 5.69. The summed E-state index contributed by atoms with van der Waals surface area (Å²) in [6, 6.07) is 0.390. The monoisotopic (exact) mass is 183 g/mol. The molecular formula is C11H21NO. The second-order valence-corrected chi connectivity index (χ2v) is 4.83. The van der Waals surface area contributed by atoms with Crippen molar-refractivity contribution in [2.45, 2.75) is 51.2 Å². The summed E-state index contributed by atoms with van der Waals surface area (Å²) in [5.41, 5.74) is 0. The van der Waals surface area contributed by atoms with Crippen LogP contribution in [0.4, 0.5) is 0 Å². The van der Waals surface area contributed by atoms with E-state index in [9.17, 15) is 5.11 Å². The van der Waals surface area contributed by atoms with Gasteiger partial charge in [-0.1, -0.05) is 6.92 Å². The first-order chi connectivity index (χ1) is 6.27. The molecule has 2 nitrogen and oxygen atoms in total. The van der Waals surface area contributed by atoms with Crippen LogP contribution in [-0.4, -0.2) is 23.8 Å².